The number of carbonyl (C=O) groups excluding carboxylic acids is 1. The molecule has 0 aromatic rings. The van der Waals surface area contributed by atoms with Crippen LogP contribution in [0.4, 0.5) is 4.79 Å². The third-order valence-corrected chi connectivity index (χ3v) is 2.10. The monoisotopic (exact) mass is 143 g/mol. The summed E-state index contributed by atoms with van der Waals surface area (Å²) in [5.41, 5.74) is -0.303. The van der Waals surface area contributed by atoms with E-state index < -0.39 is 0 Å². The maximum atomic E-state index is 10.7. The van der Waals surface area contributed by atoms with Crippen LogP contribution in [0.5, 0.6) is 0 Å². The van der Waals surface area contributed by atoms with Crippen molar-refractivity contribution in [3.8, 4) is 0 Å². The average Bonchev–Trinajstić information content (AvgIpc) is 1.78. The third kappa shape index (κ3) is 1.23. The first kappa shape index (κ1) is 7.38. The molecule has 1 saturated heterocycles. The Bertz CT molecular complexity index is 154. The summed E-state index contributed by atoms with van der Waals surface area (Å²) >= 11 is 0. The van der Waals surface area contributed by atoms with Crippen molar-refractivity contribution in [2.75, 3.05) is 6.54 Å². The fourth-order valence-corrected chi connectivity index (χ4v) is 0.858. The summed E-state index contributed by atoms with van der Waals surface area (Å²) in [5.74, 6) is 0.380. The first-order valence-corrected chi connectivity index (χ1v) is 3.49. The van der Waals surface area contributed by atoms with Gasteiger partial charge in [0.15, 0.2) is 0 Å². The van der Waals surface area contributed by atoms with Gasteiger partial charge in [0, 0.05) is 12.5 Å². The lowest BCUT2D eigenvalue weighted by atomic mass is 9.92. The summed E-state index contributed by atoms with van der Waals surface area (Å²) in [6.07, 6.45) is -0.303. The quantitative estimate of drug-likeness (QED) is 0.552. The number of alkyl carbamates (subject to hydrolysis) is 1. The molecule has 0 aromatic carbocycles. The molecule has 1 aliphatic rings. The van der Waals surface area contributed by atoms with E-state index >= 15 is 0 Å². The fraction of sp³-hybridized carbons (Fsp3) is 0.857. The number of hydrogen-bond donors (Lipinski definition) is 1. The largest absolute Gasteiger partial charge is 0.443 e. The molecule has 1 atom stereocenters. The van der Waals surface area contributed by atoms with Gasteiger partial charge >= 0.3 is 6.09 Å². The number of amides is 1. The summed E-state index contributed by atoms with van der Waals surface area (Å²) in [6, 6.07) is 0. The van der Waals surface area contributed by atoms with E-state index in [-0.39, 0.29) is 11.7 Å². The van der Waals surface area contributed by atoms with E-state index in [1.54, 1.807) is 0 Å². The number of ether oxygens (including phenoxy) is 1. The Morgan fingerprint density at radius 3 is 2.70 bits per heavy atom. The Kier molecular flexibility index (Phi) is 1.58. The summed E-state index contributed by atoms with van der Waals surface area (Å²) in [5, 5.41) is 2.63. The van der Waals surface area contributed by atoms with Crippen LogP contribution in [0.1, 0.15) is 20.8 Å². The van der Waals surface area contributed by atoms with Crippen molar-refractivity contribution in [3.05, 3.63) is 0 Å². The van der Waals surface area contributed by atoms with Crippen molar-refractivity contribution in [3.63, 3.8) is 0 Å². The van der Waals surface area contributed by atoms with E-state index in [1.807, 2.05) is 13.8 Å². The summed E-state index contributed by atoms with van der Waals surface area (Å²) < 4.78 is 5.04. The Balaban J connectivity index is 2.63. The molecule has 3 nitrogen and oxygen atoms in total. The topological polar surface area (TPSA) is 38.3 Å². The Morgan fingerprint density at radius 2 is 2.30 bits per heavy atom. The van der Waals surface area contributed by atoms with Gasteiger partial charge in [0.05, 0.1) is 0 Å². The molecule has 1 fully saturated rings. The van der Waals surface area contributed by atoms with Gasteiger partial charge in [0.25, 0.3) is 0 Å². The molecule has 3 heteroatoms. The summed E-state index contributed by atoms with van der Waals surface area (Å²) in [7, 11) is 0. The second-order valence-electron chi connectivity index (χ2n) is 3.27. The SMILES string of the molecule is C[C@H]1CNC(=O)OC1(C)C. The van der Waals surface area contributed by atoms with Gasteiger partial charge < -0.3 is 10.1 Å². The Labute approximate surface area is 60.7 Å². The predicted octanol–water partition coefficient (Wildman–Crippen LogP) is 1.14. The molecule has 1 aliphatic heterocycles. The van der Waals surface area contributed by atoms with Crippen LogP contribution in [0.3, 0.4) is 0 Å². The van der Waals surface area contributed by atoms with Crippen molar-refractivity contribution in [1.29, 1.82) is 0 Å². The minimum atomic E-state index is -0.303. The minimum absolute atomic E-state index is 0.303. The molecule has 0 bridgehead atoms. The molecule has 0 radical (unpaired) electrons. The normalized spacial score (nSPS) is 30.7. The maximum absolute atomic E-state index is 10.7. The first-order chi connectivity index (χ1) is 4.52. The molecule has 1 N–H and O–H groups in total. The van der Waals surface area contributed by atoms with Crippen LogP contribution in [-0.4, -0.2) is 18.2 Å². The summed E-state index contributed by atoms with van der Waals surface area (Å²) in [4.78, 5) is 10.7. The van der Waals surface area contributed by atoms with E-state index in [4.69, 9.17) is 4.74 Å². The van der Waals surface area contributed by atoms with E-state index in [1.165, 1.54) is 0 Å². The standard InChI is InChI=1S/C7H13NO2/c1-5-4-8-6(9)10-7(5,2)3/h5H,4H2,1-3H3,(H,8,9)/t5-/m0/s1. The third-order valence-electron chi connectivity index (χ3n) is 2.10. The number of rotatable bonds is 0. The fourth-order valence-electron chi connectivity index (χ4n) is 0.858. The highest BCUT2D eigenvalue weighted by atomic mass is 16.6. The molecule has 58 valence electrons. The molecular formula is C7H13NO2. The molecule has 1 amide bonds. The van der Waals surface area contributed by atoms with Crippen molar-refractivity contribution in [1.82, 2.24) is 5.32 Å². The van der Waals surface area contributed by atoms with Crippen LogP contribution in [-0.2, 0) is 4.74 Å². The molecule has 0 aliphatic carbocycles. The smallest absolute Gasteiger partial charge is 0.407 e. The second kappa shape index (κ2) is 2.15. The van der Waals surface area contributed by atoms with Gasteiger partial charge in [-0.3, -0.25) is 0 Å². The van der Waals surface area contributed by atoms with E-state index in [2.05, 4.69) is 12.2 Å². The van der Waals surface area contributed by atoms with Gasteiger partial charge in [-0.15, -0.1) is 0 Å². The highest BCUT2D eigenvalue weighted by Crippen LogP contribution is 2.23. The lowest BCUT2D eigenvalue weighted by Crippen LogP contribution is -2.49. The number of carbonyl (C=O) groups is 1. The zero-order valence-electron chi connectivity index (χ0n) is 6.60. The van der Waals surface area contributed by atoms with Crippen LogP contribution >= 0.6 is 0 Å². The molecule has 10 heavy (non-hydrogen) atoms. The first-order valence-electron chi connectivity index (χ1n) is 3.49. The van der Waals surface area contributed by atoms with Crippen LogP contribution < -0.4 is 5.32 Å². The van der Waals surface area contributed by atoms with Crippen LogP contribution in [0.15, 0.2) is 0 Å². The van der Waals surface area contributed by atoms with Crippen molar-refractivity contribution in [2.45, 2.75) is 26.4 Å². The van der Waals surface area contributed by atoms with Crippen LogP contribution in [0, 0.1) is 5.92 Å². The van der Waals surface area contributed by atoms with Gasteiger partial charge in [0.1, 0.15) is 5.60 Å². The molecule has 1 rings (SSSR count). The molecule has 0 aromatic heterocycles. The highest BCUT2D eigenvalue weighted by molar-refractivity contribution is 5.68. The van der Waals surface area contributed by atoms with Crippen molar-refractivity contribution >= 4 is 6.09 Å². The molecular weight excluding hydrogens is 130 g/mol. The molecule has 0 spiro atoms. The number of cyclic esters (lactones) is 1. The van der Waals surface area contributed by atoms with Gasteiger partial charge in [0.2, 0.25) is 0 Å². The lowest BCUT2D eigenvalue weighted by molar-refractivity contribution is -0.0214. The van der Waals surface area contributed by atoms with Crippen LogP contribution in [0.25, 0.3) is 0 Å². The van der Waals surface area contributed by atoms with Crippen LogP contribution in [0.2, 0.25) is 0 Å². The van der Waals surface area contributed by atoms with Gasteiger partial charge in [-0.2, -0.15) is 0 Å². The average molecular weight is 143 g/mol. The van der Waals surface area contributed by atoms with Crippen molar-refractivity contribution in [2.24, 2.45) is 5.92 Å². The predicted molar refractivity (Wildman–Crippen MR) is 37.7 cm³/mol. The lowest BCUT2D eigenvalue weighted by Gasteiger charge is -2.35. The minimum Gasteiger partial charge on any atom is -0.443 e. The zero-order valence-corrected chi connectivity index (χ0v) is 6.60. The second-order valence-corrected chi connectivity index (χ2v) is 3.27. The number of nitrogens with one attached hydrogen (secondary N) is 1. The van der Waals surface area contributed by atoms with E-state index in [0.717, 1.165) is 0 Å². The summed E-state index contributed by atoms with van der Waals surface area (Å²) in [6.45, 7) is 6.62. The van der Waals surface area contributed by atoms with Gasteiger partial charge in [-0.05, 0) is 13.8 Å². The maximum Gasteiger partial charge on any atom is 0.407 e. The zero-order chi connectivity index (χ0) is 7.78. The number of hydrogen-bond acceptors (Lipinski definition) is 2. The van der Waals surface area contributed by atoms with Gasteiger partial charge in [-0.1, -0.05) is 6.92 Å². The van der Waals surface area contributed by atoms with E-state index in [0.29, 0.717) is 12.5 Å². The Hall–Kier alpha value is -0.730. The van der Waals surface area contributed by atoms with E-state index in [9.17, 15) is 4.79 Å². The van der Waals surface area contributed by atoms with Crippen molar-refractivity contribution < 1.29 is 9.53 Å². The Morgan fingerprint density at radius 1 is 1.70 bits per heavy atom. The molecule has 0 unspecified atom stereocenters. The molecule has 1 heterocycles. The highest BCUT2D eigenvalue weighted by Gasteiger charge is 2.34. The molecule has 0 saturated carbocycles. The van der Waals surface area contributed by atoms with Gasteiger partial charge in [-0.25, -0.2) is 4.79 Å².